The van der Waals surface area contributed by atoms with E-state index >= 15 is 0 Å². The first-order valence-corrected chi connectivity index (χ1v) is 14.1. The van der Waals surface area contributed by atoms with Crippen LogP contribution in [0.4, 0.5) is 5.82 Å². The third kappa shape index (κ3) is 5.27. The average Bonchev–Trinajstić information content (AvgIpc) is 3.53. The number of methoxy groups -OCH3 is 2. The zero-order valence-corrected chi connectivity index (χ0v) is 24.5. The van der Waals surface area contributed by atoms with Gasteiger partial charge in [-0.25, -0.2) is 4.79 Å². The summed E-state index contributed by atoms with van der Waals surface area (Å²) in [7, 11) is 3.26. The molecule has 43 heavy (non-hydrogen) atoms. The van der Waals surface area contributed by atoms with Gasteiger partial charge in [0.1, 0.15) is 41.2 Å². The lowest BCUT2D eigenvalue weighted by atomic mass is 9.77. The molecule has 0 amide bonds. The van der Waals surface area contributed by atoms with Crippen molar-refractivity contribution in [2.75, 3.05) is 26.1 Å². The van der Waals surface area contributed by atoms with Crippen molar-refractivity contribution in [1.82, 2.24) is 9.55 Å². The molecule has 10 heteroatoms. The predicted molar refractivity (Wildman–Crippen MR) is 159 cm³/mol. The highest BCUT2D eigenvalue weighted by molar-refractivity contribution is 5.59. The van der Waals surface area contributed by atoms with E-state index < -0.39 is 41.6 Å². The van der Waals surface area contributed by atoms with Crippen LogP contribution in [0.25, 0.3) is 0 Å². The Morgan fingerprint density at radius 2 is 1.42 bits per heavy atom. The van der Waals surface area contributed by atoms with Crippen LogP contribution in [0.5, 0.6) is 11.5 Å². The van der Waals surface area contributed by atoms with Crippen LogP contribution in [0.15, 0.2) is 95.9 Å². The van der Waals surface area contributed by atoms with Gasteiger partial charge in [0, 0.05) is 6.20 Å². The van der Waals surface area contributed by atoms with Crippen molar-refractivity contribution in [3.05, 3.63) is 118 Å². The van der Waals surface area contributed by atoms with Crippen LogP contribution in [0, 0.1) is 0 Å². The van der Waals surface area contributed by atoms with Gasteiger partial charge in [0.2, 0.25) is 0 Å². The number of fused-ring (bicyclic) bond motifs is 1. The lowest BCUT2D eigenvalue weighted by Gasteiger charge is -2.37. The van der Waals surface area contributed by atoms with Gasteiger partial charge in [-0.1, -0.05) is 54.6 Å². The minimum Gasteiger partial charge on any atom is -0.497 e. The third-order valence-electron chi connectivity index (χ3n) is 7.98. The first-order valence-electron chi connectivity index (χ1n) is 14.1. The Kier molecular flexibility index (Phi) is 7.70. The summed E-state index contributed by atoms with van der Waals surface area (Å²) in [5.74, 6) is 0.931. The van der Waals surface area contributed by atoms with Crippen LogP contribution in [-0.2, 0) is 19.7 Å². The maximum absolute atomic E-state index is 13.6. The Bertz CT molecular complexity index is 1560. The Morgan fingerprint density at radius 3 is 1.95 bits per heavy atom. The van der Waals surface area contributed by atoms with Crippen LogP contribution in [0.2, 0.25) is 0 Å². The van der Waals surface area contributed by atoms with Gasteiger partial charge >= 0.3 is 5.69 Å². The summed E-state index contributed by atoms with van der Waals surface area (Å²) in [6, 6.07) is 27.3. The molecular weight excluding hydrogens is 550 g/mol. The number of hydrogen-bond donors (Lipinski definition) is 2. The summed E-state index contributed by atoms with van der Waals surface area (Å²) < 4.78 is 30.3. The topological polar surface area (TPSA) is 113 Å². The summed E-state index contributed by atoms with van der Waals surface area (Å²) >= 11 is 0. The largest absolute Gasteiger partial charge is 0.497 e. The number of rotatable bonds is 9. The minimum absolute atomic E-state index is 0.262. The molecule has 3 heterocycles. The van der Waals surface area contributed by atoms with Crippen molar-refractivity contribution in [3.8, 4) is 11.5 Å². The van der Waals surface area contributed by atoms with Crippen molar-refractivity contribution < 1.29 is 28.8 Å². The predicted octanol–water partition coefficient (Wildman–Crippen LogP) is 4.07. The molecule has 0 saturated carbocycles. The summed E-state index contributed by atoms with van der Waals surface area (Å²) in [5, 5.41) is 13.5. The van der Waals surface area contributed by atoms with Gasteiger partial charge in [-0.05, 0) is 60.9 Å². The highest BCUT2D eigenvalue weighted by atomic mass is 16.8. The maximum Gasteiger partial charge on any atom is 0.351 e. The number of aliphatic hydroxyl groups excluding tert-OH is 1. The van der Waals surface area contributed by atoms with E-state index in [1.54, 1.807) is 40.3 Å². The van der Waals surface area contributed by atoms with Gasteiger partial charge in [-0.3, -0.25) is 4.57 Å². The summed E-state index contributed by atoms with van der Waals surface area (Å²) in [6.45, 7) is 3.33. The first kappa shape index (κ1) is 28.9. The zero-order chi connectivity index (χ0) is 30.2. The van der Waals surface area contributed by atoms with Crippen molar-refractivity contribution in [3.63, 3.8) is 0 Å². The third-order valence-corrected chi connectivity index (χ3v) is 7.98. The van der Waals surface area contributed by atoms with E-state index in [1.807, 2.05) is 78.9 Å². The van der Waals surface area contributed by atoms with Crippen LogP contribution in [0.1, 0.15) is 36.8 Å². The number of nitrogens with one attached hydrogen (secondary N) is 1. The van der Waals surface area contributed by atoms with Gasteiger partial charge in [-0.15, -0.1) is 0 Å². The second-order valence-electron chi connectivity index (χ2n) is 11.0. The average molecular weight is 586 g/mol. The van der Waals surface area contributed by atoms with Crippen molar-refractivity contribution in [2.45, 2.75) is 49.7 Å². The number of nitrogens with zero attached hydrogens (tertiary/aromatic N) is 2. The molecule has 2 N–H and O–H groups in total. The SMILES string of the molecule is COc1ccc(C(Nc2ccn([C@@H]3O[C@H](CO)C4OC(C)(C)O[C@@H]43)c(=O)n2)(c2ccccc2)c2ccc(OC)cc2)cc1. The second-order valence-corrected chi connectivity index (χ2v) is 11.0. The van der Waals surface area contributed by atoms with Gasteiger partial charge in [0.05, 0.1) is 20.8 Å². The second kappa shape index (κ2) is 11.5. The van der Waals surface area contributed by atoms with E-state index in [9.17, 15) is 9.90 Å². The lowest BCUT2D eigenvalue weighted by Crippen LogP contribution is -2.40. The van der Waals surface area contributed by atoms with Crippen molar-refractivity contribution >= 4 is 5.82 Å². The molecule has 6 rings (SSSR count). The van der Waals surface area contributed by atoms with Crippen LogP contribution < -0.4 is 20.5 Å². The standard InChI is InChI=1S/C33H35N3O7/c1-32(2)42-28-26(20-37)41-30(29(28)43-32)36-19-18-27(34-31(36)38)35-33(21-8-6-5-7-9-21,22-10-14-24(39-3)15-11-22)23-12-16-25(40-4)17-13-23/h5-19,26,28-30,37H,20H2,1-4H3,(H,34,35,38)/t26-,28?,29+,30-/m1/s1. The summed E-state index contributed by atoms with van der Waals surface area (Å²) in [6.07, 6.45) is -0.888. The monoisotopic (exact) mass is 585 g/mol. The number of anilines is 1. The van der Waals surface area contributed by atoms with E-state index in [-0.39, 0.29) is 6.61 Å². The molecule has 0 spiro atoms. The maximum atomic E-state index is 13.6. The van der Waals surface area contributed by atoms with Crippen LogP contribution in [0.3, 0.4) is 0 Å². The van der Waals surface area contributed by atoms with Gasteiger partial charge in [0.15, 0.2) is 12.0 Å². The Labute approximate surface area is 249 Å². The molecule has 10 nitrogen and oxygen atoms in total. The summed E-state index contributed by atoms with van der Waals surface area (Å²) in [5.41, 5.74) is 1.26. The molecule has 2 saturated heterocycles. The Hall–Kier alpha value is -4.22. The quantitative estimate of drug-likeness (QED) is 0.281. The Morgan fingerprint density at radius 1 is 0.860 bits per heavy atom. The van der Waals surface area contributed by atoms with Gasteiger partial charge < -0.3 is 34.1 Å². The molecule has 3 aromatic carbocycles. The highest BCUT2D eigenvalue weighted by Crippen LogP contribution is 2.43. The van der Waals surface area contributed by atoms with Crippen LogP contribution in [-0.4, -0.2) is 59.6 Å². The zero-order valence-electron chi connectivity index (χ0n) is 24.5. The molecule has 0 radical (unpaired) electrons. The molecule has 2 fully saturated rings. The number of hydrogen-bond acceptors (Lipinski definition) is 9. The first-order chi connectivity index (χ1) is 20.8. The molecule has 1 unspecified atom stereocenters. The molecule has 1 aromatic heterocycles. The molecule has 0 bridgehead atoms. The fourth-order valence-corrected chi connectivity index (χ4v) is 5.98. The summed E-state index contributed by atoms with van der Waals surface area (Å²) in [4.78, 5) is 18.0. The number of aliphatic hydroxyl groups is 1. The molecule has 2 aliphatic heterocycles. The van der Waals surface area contributed by atoms with Crippen molar-refractivity contribution in [2.24, 2.45) is 0 Å². The van der Waals surface area contributed by atoms with Crippen molar-refractivity contribution in [1.29, 1.82) is 0 Å². The van der Waals surface area contributed by atoms with Crippen LogP contribution >= 0.6 is 0 Å². The molecule has 4 aromatic rings. The fraction of sp³-hybridized carbons (Fsp3) is 0.333. The molecular formula is C33H35N3O7. The van der Waals surface area contributed by atoms with E-state index in [1.165, 1.54) is 4.57 Å². The smallest absolute Gasteiger partial charge is 0.351 e. The highest BCUT2D eigenvalue weighted by Gasteiger charge is 2.56. The lowest BCUT2D eigenvalue weighted by molar-refractivity contribution is -0.200. The normalized spacial score (nSPS) is 22.6. The van der Waals surface area contributed by atoms with Gasteiger partial charge in [-0.2, -0.15) is 4.98 Å². The fourth-order valence-electron chi connectivity index (χ4n) is 5.98. The van der Waals surface area contributed by atoms with E-state index in [4.69, 9.17) is 23.7 Å². The minimum atomic E-state index is -0.950. The Balaban J connectivity index is 1.44. The number of aromatic nitrogens is 2. The number of ether oxygens (including phenoxy) is 5. The molecule has 2 aliphatic rings. The van der Waals surface area contributed by atoms with E-state index in [2.05, 4.69) is 10.3 Å². The molecule has 224 valence electrons. The number of benzene rings is 3. The van der Waals surface area contributed by atoms with E-state index in [0.717, 1.165) is 28.2 Å². The van der Waals surface area contributed by atoms with E-state index in [0.29, 0.717) is 5.82 Å². The molecule has 4 atom stereocenters. The molecule has 0 aliphatic carbocycles. The van der Waals surface area contributed by atoms with Gasteiger partial charge in [0.25, 0.3) is 0 Å².